The smallest absolute Gasteiger partial charge is 0.0490 e. The fraction of sp³-hybridized carbons (Fsp3) is 0.733. The van der Waals surface area contributed by atoms with Crippen LogP contribution in [0.4, 0.5) is 0 Å². The maximum atomic E-state index is 6.68. The summed E-state index contributed by atoms with van der Waals surface area (Å²) in [6.07, 6.45) is 9.42. The van der Waals surface area contributed by atoms with Gasteiger partial charge in [0.2, 0.25) is 0 Å². The minimum absolute atomic E-state index is 0.212. The van der Waals surface area contributed by atoms with Crippen molar-refractivity contribution in [3.63, 3.8) is 0 Å². The van der Waals surface area contributed by atoms with E-state index < -0.39 is 0 Å². The van der Waals surface area contributed by atoms with E-state index in [9.17, 15) is 0 Å². The van der Waals surface area contributed by atoms with Crippen LogP contribution in [-0.2, 0) is 0 Å². The fourth-order valence-electron chi connectivity index (χ4n) is 3.91. The normalized spacial score (nSPS) is 26.3. The van der Waals surface area contributed by atoms with Gasteiger partial charge in [0.25, 0.3) is 0 Å². The lowest BCUT2D eigenvalue weighted by Crippen LogP contribution is -2.55. The summed E-state index contributed by atoms with van der Waals surface area (Å²) in [6.45, 7) is 2.52. The lowest BCUT2D eigenvalue weighted by molar-refractivity contribution is 0.0479. The molecule has 1 saturated carbocycles. The number of hydrogen-bond donors (Lipinski definition) is 1. The summed E-state index contributed by atoms with van der Waals surface area (Å²) in [5.41, 5.74) is 8.30. The zero-order valence-corrected chi connectivity index (χ0v) is 11.9. The van der Waals surface area contributed by atoms with Gasteiger partial charge in [-0.2, -0.15) is 11.3 Å². The largest absolute Gasteiger partial charge is 0.322 e. The highest BCUT2D eigenvalue weighted by Crippen LogP contribution is 2.44. The molecule has 18 heavy (non-hydrogen) atoms. The van der Waals surface area contributed by atoms with Gasteiger partial charge in [-0.15, -0.1) is 0 Å². The fourth-order valence-corrected chi connectivity index (χ4v) is 4.61. The van der Waals surface area contributed by atoms with E-state index >= 15 is 0 Å². The maximum absolute atomic E-state index is 6.68. The van der Waals surface area contributed by atoms with Crippen molar-refractivity contribution in [2.45, 2.75) is 56.5 Å². The third-order valence-electron chi connectivity index (χ3n) is 4.94. The quantitative estimate of drug-likeness (QED) is 0.904. The first kappa shape index (κ1) is 12.6. The predicted octanol–water partition coefficient (Wildman–Crippen LogP) is 3.55. The van der Waals surface area contributed by atoms with Gasteiger partial charge >= 0.3 is 0 Å². The van der Waals surface area contributed by atoms with E-state index in [2.05, 4.69) is 21.7 Å². The zero-order chi connectivity index (χ0) is 12.4. The van der Waals surface area contributed by atoms with Crippen LogP contribution in [-0.4, -0.2) is 23.5 Å². The van der Waals surface area contributed by atoms with Crippen LogP contribution in [0.15, 0.2) is 16.8 Å². The summed E-state index contributed by atoms with van der Waals surface area (Å²) < 4.78 is 0. The van der Waals surface area contributed by atoms with E-state index in [4.69, 9.17) is 5.73 Å². The number of likely N-dealkylation sites (tertiary alicyclic amines) is 1. The topological polar surface area (TPSA) is 29.3 Å². The molecule has 1 aliphatic carbocycles. The van der Waals surface area contributed by atoms with Gasteiger partial charge in [-0.25, -0.2) is 0 Å². The molecule has 2 N–H and O–H groups in total. The molecule has 2 heterocycles. The van der Waals surface area contributed by atoms with Crippen LogP contribution in [0.2, 0.25) is 0 Å². The molecular formula is C15H24N2S. The van der Waals surface area contributed by atoms with Gasteiger partial charge in [0.05, 0.1) is 0 Å². The molecular weight excluding hydrogens is 240 g/mol. The van der Waals surface area contributed by atoms with Gasteiger partial charge < -0.3 is 5.73 Å². The Hall–Kier alpha value is -0.380. The molecule has 0 bridgehead atoms. The molecule has 3 heteroatoms. The van der Waals surface area contributed by atoms with Crippen LogP contribution in [0.3, 0.4) is 0 Å². The molecule has 1 unspecified atom stereocenters. The molecule has 2 nitrogen and oxygen atoms in total. The molecule has 1 aliphatic heterocycles. The zero-order valence-electron chi connectivity index (χ0n) is 11.1. The molecule has 3 rings (SSSR count). The summed E-state index contributed by atoms with van der Waals surface area (Å²) in [6, 6.07) is 2.43. The van der Waals surface area contributed by atoms with Crippen molar-refractivity contribution in [2.75, 3.05) is 13.1 Å². The standard InChI is InChI=1S/C15H24N2S/c16-14(13-6-11-18-12-13)15(7-2-3-8-15)17-9-4-1-5-10-17/h6,11-12,14H,1-5,7-10,16H2. The Morgan fingerprint density at radius 2 is 1.83 bits per heavy atom. The Morgan fingerprint density at radius 3 is 2.44 bits per heavy atom. The first-order valence-corrected chi connectivity index (χ1v) is 8.30. The van der Waals surface area contributed by atoms with E-state index in [-0.39, 0.29) is 11.6 Å². The SMILES string of the molecule is NC(c1ccsc1)C1(N2CCCCC2)CCCC1. The van der Waals surface area contributed by atoms with Gasteiger partial charge in [0.1, 0.15) is 0 Å². The van der Waals surface area contributed by atoms with Crippen LogP contribution < -0.4 is 5.73 Å². The van der Waals surface area contributed by atoms with Gasteiger partial charge in [-0.1, -0.05) is 19.3 Å². The third-order valence-corrected chi connectivity index (χ3v) is 5.64. The Labute approximate surface area is 114 Å². The summed E-state index contributed by atoms with van der Waals surface area (Å²) in [4.78, 5) is 2.73. The van der Waals surface area contributed by atoms with Crippen LogP contribution in [0, 0.1) is 0 Å². The second kappa shape index (κ2) is 5.32. The summed E-state index contributed by atoms with van der Waals surface area (Å²) in [5, 5.41) is 4.41. The second-order valence-electron chi connectivity index (χ2n) is 5.89. The molecule has 1 saturated heterocycles. The molecule has 100 valence electrons. The molecule has 0 aromatic carbocycles. The summed E-state index contributed by atoms with van der Waals surface area (Å²) >= 11 is 1.77. The first-order chi connectivity index (χ1) is 8.83. The van der Waals surface area contributed by atoms with E-state index in [1.54, 1.807) is 11.3 Å². The lowest BCUT2D eigenvalue weighted by atomic mass is 9.82. The van der Waals surface area contributed by atoms with E-state index in [0.717, 1.165) is 0 Å². The van der Waals surface area contributed by atoms with Gasteiger partial charge in [0, 0.05) is 11.6 Å². The molecule has 1 atom stereocenters. The molecule has 2 aliphatic rings. The summed E-state index contributed by atoms with van der Waals surface area (Å²) in [7, 11) is 0. The van der Waals surface area contributed by atoms with Crippen LogP contribution in [0.5, 0.6) is 0 Å². The van der Waals surface area contributed by atoms with Gasteiger partial charge in [-0.05, 0) is 61.2 Å². The van der Waals surface area contributed by atoms with Crippen molar-refractivity contribution in [3.05, 3.63) is 22.4 Å². The minimum atomic E-state index is 0.212. The van der Waals surface area contributed by atoms with Gasteiger partial charge in [0.15, 0.2) is 0 Å². The Balaban J connectivity index is 1.86. The Morgan fingerprint density at radius 1 is 1.11 bits per heavy atom. The van der Waals surface area contributed by atoms with Crippen molar-refractivity contribution in [1.29, 1.82) is 0 Å². The lowest BCUT2D eigenvalue weighted by Gasteiger charge is -2.47. The van der Waals surface area contributed by atoms with E-state index in [1.807, 2.05) is 0 Å². The average molecular weight is 264 g/mol. The van der Waals surface area contributed by atoms with Crippen LogP contribution in [0.1, 0.15) is 56.6 Å². The number of hydrogen-bond acceptors (Lipinski definition) is 3. The van der Waals surface area contributed by atoms with E-state index in [0.29, 0.717) is 0 Å². The Bertz CT molecular complexity index is 362. The second-order valence-corrected chi connectivity index (χ2v) is 6.67. The molecule has 1 aromatic heterocycles. The van der Waals surface area contributed by atoms with Crippen molar-refractivity contribution in [1.82, 2.24) is 4.90 Å². The highest BCUT2D eigenvalue weighted by molar-refractivity contribution is 7.07. The molecule has 0 spiro atoms. The molecule has 0 radical (unpaired) electrons. The number of nitrogens with zero attached hydrogens (tertiary/aromatic N) is 1. The maximum Gasteiger partial charge on any atom is 0.0490 e. The van der Waals surface area contributed by atoms with E-state index in [1.165, 1.54) is 63.6 Å². The van der Waals surface area contributed by atoms with Crippen molar-refractivity contribution in [2.24, 2.45) is 5.73 Å². The molecule has 2 fully saturated rings. The number of rotatable bonds is 3. The highest BCUT2D eigenvalue weighted by Gasteiger charge is 2.45. The first-order valence-electron chi connectivity index (χ1n) is 7.36. The monoisotopic (exact) mass is 264 g/mol. The van der Waals surface area contributed by atoms with Crippen LogP contribution >= 0.6 is 11.3 Å². The minimum Gasteiger partial charge on any atom is -0.322 e. The number of nitrogens with two attached hydrogens (primary N) is 1. The predicted molar refractivity (Wildman–Crippen MR) is 77.9 cm³/mol. The number of thiophene rings is 1. The van der Waals surface area contributed by atoms with Crippen LogP contribution in [0.25, 0.3) is 0 Å². The van der Waals surface area contributed by atoms with Gasteiger partial charge in [-0.3, -0.25) is 4.90 Å². The highest BCUT2D eigenvalue weighted by atomic mass is 32.1. The summed E-state index contributed by atoms with van der Waals surface area (Å²) in [5.74, 6) is 0. The van der Waals surface area contributed by atoms with Crippen molar-refractivity contribution >= 4 is 11.3 Å². The van der Waals surface area contributed by atoms with Crippen molar-refractivity contribution in [3.8, 4) is 0 Å². The third kappa shape index (κ3) is 2.13. The van der Waals surface area contributed by atoms with Crippen molar-refractivity contribution < 1.29 is 0 Å². The molecule has 0 amide bonds. The Kier molecular flexibility index (Phi) is 3.73. The average Bonchev–Trinajstić information content (AvgIpc) is 3.11. The molecule has 1 aromatic rings. The number of piperidine rings is 1.